The molecule has 0 radical (unpaired) electrons. The van der Waals surface area contributed by atoms with Gasteiger partial charge in [-0.15, -0.1) is 0 Å². The smallest absolute Gasteiger partial charge is 0.134 e. The number of hydrogen-bond acceptors (Lipinski definition) is 2. The summed E-state index contributed by atoms with van der Waals surface area (Å²) in [6.07, 6.45) is 5.20. The normalized spacial score (nSPS) is 11.9. The Morgan fingerprint density at radius 1 is 1.08 bits per heavy atom. The number of benzene rings is 2. The van der Waals surface area contributed by atoms with Crippen LogP contribution >= 0.6 is 0 Å². The SMILES string of the molecule is CC/C(=C\c1c(CC)oc2ccc(C)cc12)Cc1ccc(OC)cc1. The molecule has 25 heavy (non-hydrogen) atoms. The van der Waals surface area contributed by atoms with Gasteiger partial charge in [-0.3, -0.25) is 0 Å². The number of fused-ring (bicyclic) bond motifs is 1. The van der Waals surface area contributed by atoms with E-state index in [2.05, 4.69) is 57.2 Å². The van der Waals surface area contributed by atoms with E-state index < -0.39 is 0 Å². The monoisotopic (exact) mass is 334 g/mol. The van der Waals surface area contributed by atoms with Crippen LogP contribution in [0.5, 0.6) is 5.75 Å². The van der Waals surface area contributed by atoms with E-state index in [9.17, 15) is 0 Å². The second kappa shape index (κ2) is 7.60. The molecule has 0 aliphatic heterocycles. The molecule has 1 aromatic heterocycles. The maximum Gasteiger partial charge on any atom is 0.134 e. The summed E-state index contributed by atoms with van der Waals surface area (Å²) in [4.78, 5) is 0. The average molecular weight is 334 g/mol. The maximum atomic E-state index is 6.07. The molecule has 0 bridgehead atoms. The second-order valence-corrected chi connectivity index (χ2v) is 6.47. The maximum absolute atomic E-state index is 6.07. The van der Waals surface area contributed by atoms with Crippen molar-refractivity contribution < 1.29 is 9.15 Å². The van der Waals surface area contributed by atoms with Crippen LogP contribution in [-0.2, 0) is 12.8 Å². The van der Waals surface area contributed by atoms with Crippen LogP contribution in [0.4, 0.5) is 0 Å². The van der Waals surface area contributed by atoms with Crippen molar-refractivity contribution in [2.45, 2.75) is 40.0 Å². The molecule has 130 valence electrons. The van der Waals surface area contributed by atoms with Gasteiger partial charge in [0.15, 0.2) is 0 Å². The van der Waals surface area contributed by atoms with Gasteiger partial charge in [-0.1, -0.05) is 49.3 Å². The molecule has 2 aromatic carbocycles. The Morgan fingerprint density at radius 2 is 1.84 bits per heavy atom. The first-order valence-electron chi connectivity index (χ1n) is 8.99. The Bertz CT molecular complexity index is 882. The molecule has 0 unspecified atom stereocenters. The summed E-state index contributed by atoms with van der Waals surface area (Å²) >= 11 is 0. The van der Waals surface area contributed by atoms with Crippen molar-refractivity contribution in [3.05, 3.63) is 70.5 Å². The van der Waals surface area contributed by atoms with Crippen LogP contribution in [0.1, 0.15) is 42.7 Å². The van der Waals surface area contributed by atoms with Crippen LogP contribution in [0.3, 0.4) is 0 Å². The lowest BCUT2D eigenvalue weighted by atomic mass is 9.98. The zero-order chi connectivity index (χ0) is 17.8. The molecule has 2 nitrogen and oxygen atoms in total. The van der Waals surface area contributed by atoms with Crippen LogP contribution in [0.25, 0.3) is 17.0 Å². The highest BCUT2D eigenvalue weighted by Gasteiger charge is 2.12. The van der Waals surface area contributed by atoms with E-state index in [-0.39, 0.29) is 0 Å². The third kappa shape index (κ3) is 3.79. The number of hydrogen-bond donors (Lipinski definition) is 0. The largest absolute Gasteiger partial charge is 0.497 e. The number of ether oxygens (including phenoxy) is 1. The van der Waals surface area contributed by atoms with Crippen molar-refractivity contribution in [2.75, 3.05) is 7.11 Å². The number of rotatable bonds is 6. The summed E-state index contributed by atoms with van der Waals surface area (Å²) in [6, 6.07) is 14.7. The van der Waals surface area contributed by atoms with Gasteiger partial charge in [0, 0.05) is 17.4 Å². The lowest BCUT2D eigenvalue weighted by Gasteiger charge is -2.07. The highest BCUT2D eigenvalue weighted by atomic mass is 16.5. The Hall–Kier alpha value is -2.48. The Balaban J connectivity index is 1.98. The van der Waals surface area contributed by atoms with Gasteiger partial charge in [-0.05, 0) is 49.6 Å². The first-order valence-corrected chi connectivity index (χ1v) is 8.99. The Labute approximate surface area is 150 Å². The predicted octanol–water partition coefficient (Wildman–Crippen LogP) is 6.35. The molecule has 0 atom stereocenters. The molecule has 0 aliphatic rings. The number of aryl methyl sites for hydroxylation is 2. The van der Waals surface area contributed by atoms with E-state index in [4.69, 9.17) is 9.15 Å². The summed E-state index contributed by atoms with van der Waals surface area (Å²) in [5, 5.41) is 1.22. The fourth-order valence-electron chi connectivity index (χ4n) is 3.19. The average Bonchev–Trinajstić information content (AvgIpc) is 2.98. The van der Waals surface area contributed by atoms with Gasteiger partial charge in [-0.25, -0.2) is 0 Å². The molecular formula is C23H26O2. The first-order chi connectivity index (χ1) is 12.1. The zero-order valence-corrected chi connectivity index (χ0v) is 15.6. The summed E-state index contributed by atoms with van der Waals surface area (Å²) in [5.41, 5.74) is 6.19. The highest BCUT2D eigenvalue weighted by Crippen LogP contribution is 2.30. The quantitative estimate of drug-likeness (QED) is 0.524. The molecule has 0 saturated heterocycles. The van der Waals surface area contributed by atoms with E-state index in [0.717, 1.165) is 36.4 Å². The minimum Gasteiger partial charge on any atom is -0.497 e. The summed E-state index contributed by atoms with van der Waals surface area (Å²) in [6.45, 7) is 6.50. The van der Waals surface area contributed by atoms with E-state index in [1.54, 1.807) is 7.11 Å². The van der Waals surface area contributed by atoms with Gasteiger partial charge in [0.05, 0.1) is 7.11 Å². The Morgan fingerprint density at radius 3 is 2.48 bits per heavy atom. The number of furan rings is 1. The van der Waals surface area contributed by atoms with Crippen LogP contribution in [0.2, 0.25) is 0 Å². The fraction of sp³-hybridized carbons (Fsp3) is 0.304. The van der Waals surface area contributed by atoms with Crippen molar-refractivity contribution in [1.29, 1.82) is 0 Å². The van der Waals surface area contributed by atoms with Gasteiger partial charge in [-0.2, -0.15) is 0 Å². The predicted molar refractivity (Wildman–Crippen MR) is 105 cm³/mol. The van der Waals surface area contributed by atoms with Gasteiger partial charge in [0.2, 0.25) is 0 Å². The molecule has 0 saturated carbocycles. The molecule has 0 amide bonds. The van der Waals surface area contributed by atoms with Crippen LogP contribution in [-0.4, -0.2) is 7.11 Å². The Kier molecular flexibility index (Phi) is 5.28. The van der Waals surface area contributed by atoms with E-state index in [1.807, 2.05) is 12.1 Å². The lowest BCUT2D eigenvalue weighted by molar-refractivity contribution is 0.414. The van der Waals surface area contributed by atoms with Crippen molar-refractivity contribution in [2.24, 2.45) is 0 Å². The summed E-state index contributed by atoms with van der Waals surface area (Å²) in [5.74, 6) is 1.97. The molecule has 1 heterocycles. The fourth-order valence-corrected chi connectivity index (χ4v) is 3.19. The summed E-state index contributed by atoms with van der Waals surface area (Å²) < 4.78 is 11.3. The topological polar surface area (TPSA) is 22.4 Å². The molecule has 3 rings (SSSR count). The molecule has 2 heteroatoms. The third-order valence-electron chi connectivity index (χ3n) is 4.67. The minimum atomic E-state index is 0.898. The van der Waals surface area contributed by atoms with Gasteiger partial charge >= 0.3 is 0 Å². The first kappa shape index (κ1) is 17.3. The van der Waals surface area contributed by atoms with Crippen molar-refractivity contribution in [3.8, 4) is 5.75 Å². The summed E-state index contributed by atoms with van der Waals surface area (Å²) in [7, 11) is 1.70. The minimum absolute atomic E-state index is 0.898. The lowest BCUT2D eigenvalue weighted by Crippen LogP contribution is -1.92. The van der Waals surface area contributed by atoms with E-state index >= 15 is 0 Å². The molecule has 3 aromatic rings. The number of methoxy groups -OCH3 is 1. The molecule has 0 aliphatic carbocycles. The van der Waals surface area contributed by atoms with Crippen LogP contribution in [0.15, 0.2) is 52.5 Å². The van der Waals surface area contributed by atoms with E-state index in [0.29, 0.717) is 0 Å². The molecule has 0 N–H and O–H groups in total. The number of allylic oxidation sites excluding steroid dienone is 1. The third-order valence-corrected chi connectivity index (χ3v) is 4.67. The van der Waals surface area contributed by atoms with E-state index in [1.165, 1.54) is 27.6 Å². The van der Waals surface area contributed by atoms with Gasteiger partial charge in [0.25, 0.3) is 0 Å². The van der Waals surface area contributed by atoms with Gasteiger partial charge in [0.1, 0.15) is 17.1 Å². The molecule has 0 spiro atoms. The van der Waals surface area contributed by atoms with Crippen LogP contribution in [0, 0.1) is 6.92 Å². The molecule has 0 fully saturated rings. The van der Waals surface area contributed by atoms with Crippen molar-refractivity contribution in [3.63, 3.8) is 0 Å². The molecular weight excluding hydrogens is 308 g/mol. The van der Waals surface area contributed by atoms with Crippen molar-refractivity contribution >= 4 is 17.0 Å². The standard InChI is InChI=1S/C23H26O2/c1-5-17(14-18-8-10-19(24-4)11-9-18)15-21-20-13-16(3)7-12-23(20)25-22(21)6-2/h7-13,15H,5-6,14H2,1-4H3/b17-15+. The van der Waals surface area contributed by atoms with Crippen LogP contribution < -0.4 is 4.74 Å². The highest BCUT2D eigenvalue weighted by molar-refractivity contribution is 5.89. The zero-order valence-electron chi connectivity index (χ0n) is 15.6. The van der Waals surface area contributed by atoms with Gasteiger partial charge < -0.3 is 9.15 Å². The second-order valence-electron chi connectivity index (χ2n) is 6.47. The van der Waals surface area contributed by atoms with Crippen molar-refractivity contribution in [1.82, 2.24) is 0 Å².